The Kier molecular flexibility index (Phi) is 7.28. The second-order valence-electron chi connectivity index (χ2n) is 10.3. The Morgan fingerprint density at radius 2 is 1.84 bits per heavy atom. The monoisotopic (exact) mass is 544 g/mol. The number of halogens is 3. The molecule has 0 amide bonds. The number of nitrogens with zero attached hydrogens (tertiary/aromatic N) is 4. The molecular weight excluding hydrogens is 513 g/mol. The number of rotatable bonds is 6. The molecule has 5 rings (SSSR count). The predicted molar refractivity (Wildman–Crippen MR) is 125 cm³/mol. The summed E-state index contributed by atoms with van der Waals surface area (Å²) in [6, 6.07) is 0. The first-order valence-electron chi connectivity index (χ1n) is 12.7. The van der Waals surface area contributed by atoms with Gasteiger partial charge in [0.1, 0.15) is 18.3 Å². The smallest absolute Gasteiger partial charge is 0.390 e. The molecule has 14 heteroatoms. The Bertz CT molecular complexity index is 1210. The Hall–Kier alpha value is -2.52. The second-order valence-corrected chi connectivity index (χ2v) is 10.3. The van der Waals surface area contributed by atoms with Crippen LogP contribution in [0, 0.1) is 0 Å². The summed E-state index contributed by atoms with van der Waals surface area (Å²) in [7, 11) is 1.71. The van der Waals surface area contributed by atoms with Gasteiger partial charge in [0.25, 0.3) is 0 Å². The topological polar surface area (TPSA) is 150 Å². The van der Waals surface area contributed by atoms with E-state index in [4.69, 9.17) is 14.6 Å². The Balaban J connectivity index is 1.46. The SMILES string of the molecule is Cn1nc([C@H]2CCN(CCC(F)(F)F)C2)c2c3c(c(OC4OC(C(=O)O)C(O)C(O)C4O)nc21)CCCC3. The fourth-order valence-corrected chi connectivity index (χ4v) is 5.72. The number of carbonyl (C=O) groups is 1. The summed E-state index contributed by atoms with van der Waals surface area (Å²) in [6.45, 7) is 0.959. The van der Waals surface area contributed by atoms with E-state index in [0.29, 0.717) is 38.0 Å². The van der Waals surface area contributed by atoms with Crippen molar-refractivity contribution in [2.24, 2.45) is 7.05 Å². The molecule has 2 aromatic heterocycles. The quantitative estimate of drug-likeness (QED) is 0.412. The lowest BCUT2D eigenvalue weighted by atomic mass is 9.88. The maximum absolute atomic E-state index is 12.7. The van der Waals surface area contributed by atoms with Crippen molar-refractivity contribution in [2.45, 2.75) is 81.3 Å². The number of pyridine rings is 1. The van der Waals surface area contributed by atoms with Crippen molar-refractivity contribution < 1.29 is 47.9 Å². The molecule has 5 unspecified atom stereocenters. The number of aliphatic hydroxyl groups is 3. The number of ether oxygens (including phenoxy) is 2. The third-order valence-electron chi connectivity index (χ3n) is 7.69. The molecule has 0 saturated carbocycles. The van der Waals surface area contributed by atoms with Gasteiger partial charge in [0, 0.05) is 37.0 Å². The van der Waals surface area contributed by atoms with Gasteiger partial charge in [0.15, 0.2) is 11.8 Å². The Labute approximate surface area is 215 Å². The van der Waals surface area contributed by atoms with Gasteiger partial charge in [-0.3, -0.25) is 4.68 Å². The van der Waals surface area contributed by atoms with Crippen molar-refractivity contribution in [1.82, 2.24) is 19.7 Å². The summed E-state index contributed by atoms with van der Waals surface area (Å²) in [4.78, 5) is 17.9. The van der Waals surface area contributed by atoms with E-state index in [9.17, 15) is 38.4 Å². The van der Waals surface area contributed by atoms with E-state index in [1.54, 1.807) is 16.6 Å². The molecule has 2 aromatic rings. The summed E-state index contributed by atoms with van der Waals surface area (Å²) >= 11 is 0. The highest BCUT2D eigenvalue weighted by Crippen LogP contribution is 2.40. The molecule has 38 heavy (non-hydrogen) atoms. The number of carboxylic acids is 1. The summed E-state index contributed by atoms with van der Waals surface area (Å²) < 4.78 is 50.9. The molecule has 0 aromatic carbocycles. The summed E-state index contributed by atoms with van der Waals surface area (Å²) in [5.41, 5.74) is 2.99. The largest absolute Gasteiger partial charge is 0.479 e. The van der Waals surface area contributed by atoms with Crippen LogP contribution in [0.2, 0.25) is 0 Å². The van der Waals surface area contributed by atoms with Crippen molar-refractivity contribution in [3.63, 3.8) is 0 Å². The minimum Gasteiger partial charge on any atom is -0.479 e. The maximum Gasteiger partial charge on any atom is 0.390 e. The van der Waals surface area contributed by atoms with Crippen molar-refractivity contribution in [1.29, 1.82) is 0 Å². The Morgan fingerprint density at radius 3 is 2.53 bits per heavy atom. The second kappa shape index (κ2) is 10.2. The molecular formula is C24H31F3N4O7. The molecule has 2 fully saturated rings. The van der Waals surface area contributed by atoms with E-state index in [1.807, 2.05) is 0 Å². The number of aliphatic hydroxyl groups excluding tert-OH is 3. The molecule has 6 atom stereocenters. The van der Waals surface area contributed by atoms with E-state index in [-0.39, 0.29) is 18.3 Å². The molecule has 4 N–H and O–H groups in total. The van der Waals surface area contributed by atoms with E-state index in [1.165, 1.54) is 0 Å². The molecule has 210 valence electrons. The maximum atomic E-state index is 12.7. The number of likely N-dealkylation sites (tertiary alicyclic amines) is 1. The predicted octanol–water partition coefficient (Wildman–Crippen LogP) is 0.860. The molecule has 0 bridgehead atoms. The molecule has 4 heterocycles. The Morgan fingerprint density at radius 1 is 1.13 bits per heavy atom. The van der Waals surface area contributed by atoms with E-state index in [2.05, 4.69) is 4.98 Å². The highest BCUT2D eigenvalue weighted by atomic mass is 19.4. The van der Waals surface area contributed by atoms with Gasteiger partial charge in [-0.1, -0.05) is 0 Å². The lowest BCUT2D eigenvalue weighted by Gasteiger charge is -2.38. The van der Waals surface area contributed by atoms with Crippen molar-refractivity contribution in [3.8, 4) is 5.88 Å². The van der Waals surface area contributed by atoms with Crippen LogP contribution in [0.25, 0.3) is 11.0 Å². The molecule has 2 saturated heterocycles. The summed E-state index contributed by atoms with van der Waals surface area (Å²) in [5.74, 6) is -1.45. The lowest BCUT2D eigenvalue weighted by molar-refractivity contribution is -0.271. The van der Waals surface area contributed by atoms with Crippen LogP contribution in [0.5, 0.6) is 5.88 Å². The average molecular weight is 545 g/mol. The van der Waals surface area contributed by atoms with Crippen molar-refractivity contribution >= 4 is 17.0 Å². The van der Waals surface area contributed by atoms with Crippen LogP contribution in [0.15, 0.2) is 0 Å². The van der Waals surface area contributed by atoms with Crippen molar-refractivity contribution in [2.75, 3.05) is 19.6 Å². The fourth-order valence-electron chi connectivity index (χ4n) is 5.72. The van der Waals surface area contributed by atoms with Gasteiger partial charge in [-0.2, -0.15) is 23.3 Å². The standard InChI is InChI=1S/C24H31F3N4O7/c1-30-20-14(15(29-30)11-6-8-31(10-11)9-7-24(25,26)27)12-4-2-3-5-13(12)21(28-20)38-23-18(34)16(32)17(33)19(37-23)22(35)36/h11,16-19,23,32-34H,2-10H2,1H3,(H,35,36)/t11-,16?,17?,18?,19?,23?/m0/s1. The molecule has 0 radical (unpaired) electrons. The highest BCUT2D eigenvalue weighted by Gasteiger charge is 2.48. The van der Waals surface area contributed by atoms with E-state index < -0.39 is 49.3 Å². The zero-order valence-corrected chi connectivity index (χ0v) is 20.8. The van der Waals surface area contributed by atoms with Gasteiger partial charge in [0.2, 0.25) is 12.2 Å². The van der Waals surface area contributed by atoms with Gasteiger partial charge in [0.05, 0.1) is 12.1 Å². The third kappa shape index (κ3) is 5.07. The first-order valence-corrected chi connectivity index (χ1v) is 12.7. The first kappa shape index (κ1) is 27.1. The minimum absolute atomic E-state index is 0.0528. The molecule has 11 nitrogen and oxygen atoms in total. The zero-order chi connectivity index (χ0) is 27.4. The average Bonchev–Trinajstić information content (AvgIpc) is 3.47. The minimum atomic E-state index is -4.20. The number of aliphatic carboxylic acids is 1. The van der Waals surface area contributed by atoms with Crippen LogP contribution in [0.3, 0.4) is 0 Å². The molecule has 3 aliphatic rings. The van der Waals surface area contributed by atoms with Crippen LogP contribution in [-0.2, 0) is 29.4 Å². The molecule has 2 aliphatic heterocycles. The van der Waals surface area contributed by atoms with Crippen LogP contribution in [-0.4, -0.2) is 103 Å². The highest BCUT2D eigenvalue weighted by molar-refractivity contribution is 5.85. The van der Waals surface area contributed by atoms with Gasteiger partial charge >= 0.3 is 12.1 Å². The van der Waals surface area contributed by atoms with Gasteiger partial charge in [-0.15, -0.1) is 0 Å². The molecule has 1 aliphatic carbocycles. The number of fused-ring (bicyclic) bond motifs is 3. The van der Waals surface area contributed by atoms with E-state index in [0.717, 1.165) is 35.0 Å². The zero-order valence-electron chi connectivity index (χ0n) is 20.8. The van der Waals surface area contributed by atoms with E-state index >= 15 is 0 Å². The van der Waals surface area contributed by atoms with Crippen molar-refractivity contribution in [3.05, 3.63) is 16.8 Å². The lowest BCUT2D eigenvalue weighted by Crippen LogP contribution is -2.61. The number of aromatic nitrogens is 3. The van der Waals surface area contributed by atoms with Crippen LogP contribution in [0.1, 0.15) is 48.4 Å². The van der Waals surface area contributed by atoms with Crippen LogP contribution >= 0.6 is 0 Å². The molecule has 0 spiro atoms. The third-order valence-corrected chi connectivity index (χ3v) is 7.69. The van der Waals surface area contributed by atoms with Gasteiger partial charge < -0.3 is 34.8 Å². The van der Waals surface area contributed by atoms with Crippen LogP contribution < -0.4 is 4.74 Å². The van der Waals surface area contributed by atoms with Crippen LogP contribution in [0.4, 0.5) is 13.2 Å². The fraction of sp³-hybridized carbons (Fsp3) is 0.708. The number of hydrogen-bond acceptors (Lipinski definition) is 9. The summed E-state index contributed by atoms with van der Waals surface area (Å²) in [5, 5.41) is 45.5. The van der Waals surface area contributed by atoms with Gasteiger partial charge in [-0.25, -0.2) is 4.79 Å². The first-order chi connectivity index (χ1) is 17.9. The van der Waals surface area contributed by atoms with Gasteiger partial charge in [-0.05, 0) is 44.2 Å². The normalized spacial score (nSPS) is 30.5. The number of aryl methyl sites for hydroxylation is 2. The number of carboxylic acid groups (broad SMARTS) is 1. The number of alkyl halides is 3. The number of hydrogen-bond donors (Lipinski definition) is 4. The summed E-state index contributed by atoms with van der Waals surface area (Å²) in [6.07, 6.45) is -10.1.